The van der Waals surface area contributed by atoms with Crippen LogP contribution in [0.15, 0.2) is 29.0 Å². The van der Waals surface area contributed by atoms with E-state index in [2.05, 4.69) is 22.4 Å². The largest absolute Gasteiger partial charge is 0.355 e. The fourth-order valence-electron chi connectivity index (χ4n) is 2.02. The van der Waals surface area contributed by atoms with Crippen molar-refractivity contribution < 1.29 is 9.32 Å². The van der Waals surface area contributed by atoms with Crippen LogP contribution in [-0.4, -0.2) is 22.6 Å². The third-order valence-electron chi connectivity index (χ3n) is 3.19. The number of hydrogen-bond acceptors (Lipinski definition) is 6. The second-order valence-electron chi connectivity index (χ2n) is 4.75. The van der Waals surface area contributed by atoms with Crippen molar-refractivity contribution in [2.24, 2.45) is 0 Å². The molecule has 0 unspecified atom stereocenters. The molecule has 0 saturated heterocycles. The van der Waals surface area contributed by atoms with Crippen molar-refractivity contribution in [2.45, 2.75) is 19.8 Å². The van der Waals surface area contributed by atoms with Gasteiger partial charge in [-0.2, -0.15) is 0 Å². The van der Waals surface area contributed by atoms with E-state index >= 15 is 0 Å². The number of hydrogen-bond donors (Lipinski definition) is 1. The van der Waals surface area contributed by atoms with Gasteiger partial charge in [-0.1, -0.05) is 23.7 Å². The normalized spacial score (nSPS) is 10.9. The number of carbonyl (C=O) groups is 1. The molecule has 8 heteroatoms. The Balaban J connectivity index is 1.62. The summed E-state index contributed by atoms with van der Waals surface area (Å²) in [6.45, 7) is 2.62. The summed E-state index contributed by atoms with van der Waals surface area (Å²) in [4.78, 5) is 18.7. The highest BCUT2D eigenvalue weighted by Gasteiger charge is 2.19. The highest BCUT2D eigenvalue weighted by molar-refractivity contribution is 7.19. The van der Waals surface area contributed by atoms with Crippen LogP contribution in [0, 0.1) is 0 Å². The molecule has 1 N–H and O–H groups in total. The standard InChI is InChI=1S/C15H14ClN3O2S2/c1-2-9-7-18-13(22-9)5-6-17-15(20)10-8-19-21-14(10)11-3-4-12(16)23-11/h3-4,7-8H,2,5-6H2,1H3,(H,17,20). The van der Waals surface area contributed by atoms with Gasteiger partial charge in [0.1, 0.15) is 5.56 Å². The maximum Gasteiger partial charge on any atom is 0.256 e. The highest BCUT2D eigenvalue weighted by Crippen LogP contribution is 2.32. The number of carbonyl (C=O) groups excluding carboxylic acids is 1. The lowest BCUT2D eigenvalue weighted by atomic mass is 10.2. The molecule has 5 nitrogen and oxygen atoms in total. The number of thiophene rings is 1. The number of nitrogens with one attached hydrogen (secondary N) is 1. The predicted molar refractivity (Wildman–Crippen MR) is 92.4 cm³/mol. The second-order valence-corrected chi connectivity index (χ2v) is 7.67. The minimum atomic E-state index is -0.210. The molecule has 0 aliphatic carbocycles. The molecule has 0 spiro atoms. The van der Waals surface area contributed by atoms with Gasteiger partial charge in [0.15, 0.2) is 5.76 Å². The molecular weight excluding hydrogens is 354 g/mol. The monoisotopic (exact) mass is 367 g/mol. The van der Waals surface area contributed by atoms with Crippen LogP contribution >= 0.6 is 34.3 Å². The van der Waals surface area contributed by atoms with Crippen LogP contribution in [0.25, 0.3) is 10.6 Å². The van der Waals surface area contributed by atoms with Crippen molar-refractivity contribution in [3.8, 4) is 10.6 Å². The van der Waals surface area contributed by atoms with Crippen molar-refractivity contribution in [3.63, 3.8) is 0 Å². The fourth-order valence-corrected chi connectivity index (χ4v) is 3.92. The van der Waals surface area contributed by atoms with E-state index < -0.39 is 0 Å². The lowest BCUT2D eigenvalue weighted by Gasteiger charge is -2.02. The second kappa shape index (κ2) is 7.25. The highest BCUT2D eigenvalue weighted by atomic mass is 35.5. The zero-order valence-electron chi connectivity index (χ0n) is 12.3. The molecule has 0 saturated carbocycles. The quantitative estimate of drug-likeness (QED) is 0.713. The summed E-state index contributed by atoms with van der Waals surface area (Å²) in [5.41, 5.74) is 0.414. The van der Waals surface area contributed by atoms with Gasteiger partial charge in [0.25, 0.3) is 5.91 Å². The van der Waals surface area contributed by atoms with Gasteiger partial charge in [-0.25, -0.2) is 4.98 Å². The average Bonchev–Trinajstić information content (AvgIpc) is 3.26. The molecule has 23 heavy (non-hydrogen) atoms. The molecule has 3 aromatic rings. The van der Waals surface area contributed by atoms with Crippen LogP contribution in [0.3, 0.4) is 0 Å². The lowest BCUT2D eigenvalue weighted by Crippen LogP contribution is -2.25. The topological polar surface area (TPSA) is 68.0 Å². The molecule has 1 amide bonds. The molecular formula is C15H14ClN3O2S2. The number of thiazole rings is 1. The molecule has 0 aliphatic heterocycles. The van der Waals surface area contributed by atoms with Gasteiger partial charge in [0, 0.05) is 24.0 Å². The van der Waals surface area contributed by atoms with E-state index in [-0.39, 0.29) is 5.91 Å². The first kappa shape index (κ1) is 16.2. The number of halogens is 1. The number of aryl methyl sites for hydroxylation is 1. The maximum absolute atomic E-state index is 12.3. The average molecular weight is 368 g/mol. The van der Waals surface area contributed by atoms with Crippen LogP contribution in [0.5, 0.6) is 0 Å². The minimum absolute atomic E-state index is 0.210. The van der Waals surface area contributed by atoms with Gasteiger partial charge in [-0.05, 0) is 18.6 Å². The first-order chi connectivity index (χ1) is 11.2. The van der Waals surface area contributed by atoms with E-state index in [0.717, 1.165) is 16.3 Å². The summed E-state index contributed by atoms with van der Waals surface area (Å²) >= 11 is 8.95. The number of amides is 1. The van der Waals surface area contributed by atoms with Crippen LogP contribution in [-0.2, 0) is 12.8 Å². The Hall–Kier alpha value is -1.70. The van der Waals surface area contributed by atoms with Gasteiger partial charge in [0.2, 0.25) is 0 Å². The Morgan fingerprint density at radius 3 is 2.91 bits per heavy atom. The Labute approximate surface area is 146 Å². The maximum atomic E-state index is 12.3. The smallest absolute Gasteiger partial charge is 0.256 e. The van der Waals surface area contributed by atoms with Gasteiger partial charge < -0.3 is 9.84 Å². The summed E-state index contributed by atoms with van der Waals surface area (Å²) in [6.07, 6.45) is 5.01. The summed E-state index contributed by atoms with van der Waals surface area (Å²) < 4.78 is 5.84. The third-order valence-corrected chi connectivity index (χ3v) is 5.62. The first-order valence-corrected chi connectivity index (χ1v) is 9.10. The lowest BCUT2D eigenvalue weighted by molar-refractivity contribution is 0.0954. The zero-order valence-corrected chi connectivity index (χ0v) is 14.7. The molecule has 0 aromatic carbocycles. The molecule has 0 fully saturated rings. The molecule has 0 radical (unpaired) electrons. The Morgan fingerprint density at radius 1 is 1.35 bits per heavy atom. The van der Waals surface area contributed by atoms with Gasteiger partial charge in [-0.15, -0.1) is 22.7 Å². The Bertz CT molecular complexity index is 809. The molecule has 0 atom stereocenters. The van der Waals surface area contributed by atoms with E-state index in [1.165, 1.54) is 22.4 Å². The molecule has 3 rings (SSSR count). The minimum Gasteiger partial charge on any atom is -0.355 e. The van der Waals surface area contributed by atoms with Crippen molar-refractivity contribution >= 4 is 40.2 Å². The van der Waals surface area contributed by atoms with E-state index in [0.29, 0.717) is 28.6 Å². The van der Waals surface area contributed by atoms with Crippen molar-refractivity contribution in [1.82, 2.24) is 15.5 Å². The molecule has 120 valence electrons. The van der Waals surface area contributed by atoms with Gasteiger partial charge >= 0.3 is 0 Å². The summed E-state index contributed by atoms with van der Waals surface area (Å²) in [6, 6.07) is 3.58. The molecule has 3 heterocycles. The van der Waals surface area contributed by atoms with Gasteiger partial charge in [0.05, 0.1) is 20.4 Å². The van der Waals surface area contributed by atoms with Crippen molar-refractivity contribution in [3.05, 3.63) is 44.3 Å². The number of aromatic nitrogens is 2. The van der Waals surface area contributed by atoms with Crippen LogP contribution in [0.2, 0.25) is 4.34 Å². The SMILES string of the molecule is CCc1cnc(CCNC(=O)c2cnoc2-c2ccc(Cl)s2)s1. The Kier molecular flexibility index (Phi) is 5.09. The molecule has 3 aromatic heterocycles. The van der Waals surface area contributed by atoms with E-state index in [1.54, 1.807) is 17.4 Å². The first-order valence-electron chi connectivity index (χ1n) is 7.09. The van der Waals surface area contributed by atoms with Crippen molar-refractivity contribution in [1.29, 1.82) is 0 Å². The number of rotatable bonds is 6. The number of nitrogens with zero attached hydrogens (tertiary/aromatic N) is 2. The van der Waals surface area contributed by atoms with Crippen LogP contribution in [0.4, 0.5) is 0 Å². The fraction of sp³-hybridized carbons (Fsp3) is 0.267. The molecule has 0 aliphatic rings. The van der Waals surface area contributed by atoms with E-state index in [1.807, 2.05) is 12.3 Å². The van der Waals surface area contributed by atoms with E-state index in [9.17, 15) is 4.79 Å². The van der Waals surface area contributed by atoms with Crippen LogP contribution < -0.4 is 5.32 Å². The third kappa shape index (κ3) is 3.80. The Morgan fingerprint density at radius 2 is 2.22 bits per heavy atom. The zero-order chi connectivity index (χ0) is 16.2. The van der Waals surface area contributed by atoms with Crippen molar-refractivity contribution in [2.75, 3.05) is 6.54 Å². The summed E-state index contributed by atoms with van der Waals surface area (Å²) in [5.74, 6) is 0.236. The van der Waals surface area contributed by atoms with E-state index in [4.69, 9.17) is 16.1 Å². The molecule has 0 bridgehead atoms. The van der Waals surface area contributed by atoms with Crippen LogP contribution in [0.1, 0.15) is 27.2 Å². The van der Waals surface area contributed by atoms with Gasteiger partial charge in [-0.3, -0.25) is 4.79 Å². The predicted octanol–water partition coefficient (Wildman–Crippen LogP) is 4.05. The summed E-state index contributed by atoms with van der Waals surface area (Å²) in [5, 5.41) is 7.63. The summed E-state index contributed by atoms with van der Waals surface area (Å²) in [7, 11) is 0.